The minimum atomic E-state index is 0.400. The molecule has 170 valence electrons. The number of rotatable bonds is 7. The maximum atomic E-state index is 5.79. The van der Waals surface area contributed by atoms with E-state index in [0.717, 1.165) is 24.6 Å². The second kappa shape index (κ2) is 10.6. The third-order valence-electron chi connectivity index (χ3n) is 6.49. The lowest BCUT2D eigenvalue weighted by Crippen LogP contribution is -2.39. The predicted molar refractivity (Wildman–Crippen MR) is 123 cm³/mol. The molecule has 2 saturated heterocycles. The Kier molecular flexibility index (Phi) is 7.63. The molecule has 0 radical (unpaired) electrons. The smallest absolute Gasteiger partial charge is 0.288 e. The summed E-state index contributed by atoms with van der Waals surface area (Å²) in [6.45, 7) is 6.67. The number of aromatic nitrogens is 2. The molecular weight excluding hydrogens is 412 g/mol. The van der Waals surface area contributed by atoms with Gasteiger partial charge in [0, 0.05) is 25.2 Å². The standard InChI is InChI=1S/C23H34N4O3S/c1-28-20-8-7-19(15-21(20)29-2)22-24-27(23(31)30-22)17-26-13-9-18(10-14-26)16-25-11-5-3-4-6-12-25/h7-8,15,18H,3-6,9-14,16-17H2,1-2H3. The van der Waals surface area contributed by atoms with Crippen LogP contribution in [0.5, 0.6) is 11.5 Å². The fourth-order valence-electron chi connectivity index (χ4n) is 4.67. The van der Waals surface area contributed by atoms with Gasteiger partial charge in [0.2, 0.25) is 5.89 Å². The van der Waals surface area contributed by atoms with E-state index in [1.54, 1.807) is 18.9 Å². The summed E-state index contributed by atoms with van der Waals surface area (Å²) in [5.74, 6) is 2.62. The molecule has 7 nitrogen and oxygen atoms in total. The highest BCUT2D eigenvalue weighted by atomic mass is 32.1. The minimum absolute atomic E-state index is 0.400. The van der Waals surface area contributed by atoms with Crippen LogP contribution in [0.3, 0.4) is 0 Å². The monoisotopic (exact) mass is 446 g/mol. The Morgan fingerprint density at radius 1 is 0.968 bits per heavy atom. The van der Waals surface area contributed by atoms with Crippen molar-refractivity contribution in [2.75, 3.05) is 46.9 Å². The predicted octanol–water partition coefficient (Wildman–Crippen LogP) is 4.44. The number of hydrogen-bond donors (Lipinski definition) is 0. The number of nitrogens with zero attached hydrogens (tertiary/aromatic N) is 4. The van der Waals surface area contributed by atoms with Crippen molar-refractivity contribution in [1.82, 2.24) is 19.6 Å². The van der Waals surface area contributed by atoms with Crippen LogP contribution in [0.15, 0.2) is 22.6 Å². The number of ether oxygens (including phenoxy) is 2. The second-order valence-corrected chi connectivity index (χ2v) is 9.01. The Morgan fingerprint density at radius 2 is 1.68 bits per heavy atom. The molecule has 0 spiro atoms. The Morgan fingerprint density at radius 3 is 2.35 bits per heavy atom. The summed E-state index contributed by atoms with van der Waals surface area (Å²) in [4.78, 5) is 5.52. The fraction of sp³-hybridized carbons (Fsp3) is 0.652. The number of benzene rings is 1. The van der Waals surface area contributed by atoms with Crippen LogP contribution < -0.4 is 9.47 Å². The van der Waals surface area contributed by atoms with Gasteiger partial charge in [-0.25, -0.2) is 4.68 Å². The van der Waals surface area contributed by atoms with Gasteiger partial charge in [0.25, 0.3) is 4.84 Å². The van der Waals surface area contributed by atoms with Gasteiger partial charge in [-0.2, -0.15) is 0 Å². The summed E-state index contributed by atoms with van der Waals surface area (Å²) < 4.78 is 18.3. The van der Waals surface area contributed by atoms with E-state index in [-0.39, 0.29) is 0 Å². The molecule has 0 bridgehead atoms. The van der Waals surface area contributed by atoms with E-state index in [2.05, 4.69) is 14.9 Å². The molecule has 2 fully saturated rings. The third-order valence-corrected chi connectivity index (χ3v) is 6.79. The first-order valence-corrected chi connectivity index (χ1v) is 11.8. The van der Waals surface area contributed by atoms with Crippen LogP contribution in [-0.4, -0.2) is 66.5 Å². The van der Waals surface area contributed by atoms with Gasteiger partial charge in [-0.05, 0) is 75.1 Å². The van der Waals surface area contributed by atoms with Gasteiger partial charge < -0.3 is 18.8 Å². The molecule has 8 heteroatoms. The first-order chi connectivity index (χ1) is 15.2. The van der Waals surface area contributed by atoms with Crippen molar-refractivity contribution in [2.45, 2.75) is 45.2 Å². The zero-order valence-corrected chi connectivity index (χ0v) is 19.5. The van der Waals surface area contributed by atoms with Crippen LogP contribution in [0.1, 0.15) is 38.5 Å². The van der Waals surface area contributed by atoms with Crippen molar-refractivity contribution in [2.24, 2.45) is 5.92 Å². The van der Waals surface area contributed by atoms with Crippen LogP contribution in [0.4, 0.5) is 0 Å². The van der Waals surface area contributed by atoms with E-state index in [9.17, 15) is 0 Å². The van der Waals surface area contributed by atoms with Gasteiger partial charge in [0.1, 0.15) is 0 Å². The molecule has 1 aromatic heterocycles. The summed E-state index contributed by atoms with van der Waals surface area (Å²) in [7, 11) is 3.24. The molecule has 3 heterocycles. The number of methoxy groups -OCH3 is 2. The van der Waals surface area contributed by atoms with Crippen LogP contribution in [0.25, 0.3) is 11.5 Å². The Hall–Kier alpha value is -1.90. The highest BCUT2D eigenvalue weighted by molar-refractivity contribution is 7.71. The SMILES string of the molecule is COc1ccc(-c2nn(CN3CCC(CN4CCCCCC4)CC3)c(=S)o2)cc1OC. The minimum Gasteiger partial charge on any atom is -0.493 e. The Labute approximate surface area is 189 Å². The number of likely N-dealkylation sites (tertiary alicyclic amines) is 2. The molecule has 0 unspecified atom stereocenters. The van der Waals surface area contributed by atoms with E-state index >= 15 is 0 Å². The maximum Gasteiger partial charge on any atom is 0.288 e. The van der Waals surface area contributed by atoms with Gasteiger partial charge in [-0.1, -0.05) is 12.8 Å². The third kappa shape index (κ3) is 5.67. The molecule has 1 aromatic carbocycles. The van der Waals surface area contributed by atoms with Crippen molar-refractivity contribution < 1.29 is 13.9 Å². The normalized spacial score (nSPS) is 19.3. The highest BCUT2D eigenvalue weighted by Gasteiger charge is 2.23. The van der Waals surface area contributed by atoms with Crippen molar-refractivity contribution >= 4 is 12.2 Å². The molecule has 0 saturated carbocycles. The summed E-state index contributed by atoms with van der Waals surface area (Å²) in [6, 6.07) is 5.61. The van der Waals surface area contributed by atoms with Crippen LogP contribution in [-0.2, 0) is 6.67 Å². The van der Waals surface area contributed by atoms with Crippen molar-refractivity contribution in [1.29, 1.82) is 0 Å². The molecule has 2 aliphatic heterocycles. The topological polar surface area (TPSA) is 55.9 Å². The van der Waals surface area contributed by atoms with Crippen molar-refractivity contribution in [3.63, 3.8) is 0 Å². The molecule has 4 rings (SSSR count). The molecule has 2 aliphatic rings. The quantitative estimate of drug-likeness (QED) is 0.583. The lowest BCUT2D eigenvalue weighted by Gasteiger charge is -2.34. The average Bonchev–Trinajstić information content (AvgIpc) is 2.98. The van der Waals surface area contributed by atoms with Gasteiger partial charge in [-0.15, -0.1) is 5.10 Å². The highest BCUT2D eigenvalue weighted by Crippen LogP contribution is 2.32. The summed E-state index contributed by atoms with van der Waals surface area (Å²) in [5, 5.41) is 4.63. The first kappa shape index (κ1) is 22.3. The summed E-state index contributed by atoms with van der Waals surface area (Å²) in [5.41, 5.74) is 0.818. The van der Waals surface area contributed by atoms with Crippen LogP contribution >= 0.6 is 12.2 Å². The molecule has 0 aliphatic carbocycles. The lowest BCUT2D eigenvalue weighted by atomic mass is 9.96. The summed E-state index contributed by atoms with van der Waals surface area (Å²) in [6.07, 6.45) is 8.02. The van der Waals surface area contributed by atoms with Crippen LogP contribution in [0, 0.1) is 10.8 Å². The number of piperidine rings is 1. The molecular formula is C23H34N4O3S. The molecule has 2 aromatic rings. The first-order valence-electron chi connectivity index (χ1n) is 11.4. The fourth-order valence-corrected chi connectivity index (χ4v) is 4.84. The average molecular weight is 447 g/mol. The summed E-state index contributed by atoms with van der Waals surface area (Å²) >= 11 is 5.44. The molecule has 31 heavy (non-hydrogen) atoms. The maximum absolute atomic E-state index is 5.79. The van der Waals surface area contributed by atoms with E-state index in [1.807, 2.05) is 18.2 Å². The zero-order valence-electron chi connectivity index (χ0n) is 18.7. The van der Waals surface area contributed by atoms with Crippen molar-refractivity contribution in [3.8, 4) is 23.0 Å². The van der Waals surface area contributed by atoms with E-state index in [1.165, 1.54) is 58.2 Å². The molecule has 0 amide bonds. The zero-order chi connectivity index (χ0) is 21.6. The largest absolute Gasteiger partial charge is 0.493 e. The van der Waals surface area contributed by atoms with Gasteiger partial charge in [0.05, 0.1) is 20.9 Å². The lowest BCUT2D eigenvalue weighted by molar-refractivity contribution is 0.115. The molecule has 0 atom stereocenters. The molecule has 0 N–H and O–H groups in total. The van der Waals surface area contributed by atoms with Gasteiger partial charge in [0.15, 0.2) is 11.5 Å². The van der Waals surface area contributed by atoms with Gasteiger partial charge in [-0.3, -0.25) is 4.90 Å². The Bertz CT molecular complexity index is 896. The number of hydrogen-bond acceptors (Lipinski definition) is 7. The van der Waals surface area contributed by atoms with Gasteiger partial charge >= 0.3 is 0 Å². The van der Waals surface area contributed by atoms with E-state index in [0.29, 0.717) is 28.9 Å². The van der Waals surface area contributed by atoms with E-state index < -0.39 is 0 Å². The second-order valence-electron chi connectivity index (χ2n) is 8.66. The van der Waals surface area contributed by atoms with E-state index in [4.69, 9.17) is 26.1 Å². The Balaban J connectivity index is 1.33. The van der Waals surface area contributed by atoms with Crippen molar-refractivity contribution in [3.05, 3.63) is 23.0 Å². The van der Waals surface area contributed by atoms with Crippen LogP contribution in [0.2, 0.25) is 0 Å².